The van der Waals surface area contributed by atoms with Crippen LogP contribution in [0.1, 0.15) is 36.4 Å². The molecule has 1 fully saturated rings. The molecule has 1 aliphatic rings. The molecule has 24 heavy (non-hydrogen) atoms. The Hall–Kier alpha value is -2.69. The minimum absolute atomic E-state index is 0.0631. The lowest BCUT2D eigenvalue weighted by Crippen LogP contribution is -2.18. The maximum Gasteiger partial charge on any atom is 0.161 e. The van der Waals surface area contributed by atoms with Gasteiger partial charge in [0, 0.05) is 22.9 Å². The van der Waals surface area contributed by atoms with Gasteiger partial charge in [0.1, 0.15) is 5.82 Å². The van der Waals surface area contributed by atoms with Crippen LogP contribution in [-0.2, 0) is 0 Å². The van der Waals surface area contributed by atoms with E-state index in [1.807, 2.05) is 31.2 Å². The highest BCUT2D eigenvalue weighted by Gasteiger charge is 2.27. The SMILES string of the molecule is Cc1cc(-c2nc3cc(N)ccc3n2C2CCC2)c(C)c(O)c1O. The summed E-state index contributed by atoms with van der Waals surface area (Å²) in [6, 6.07) is 8.11. The normalized spacial score (nSPS) is 14.9. The molecule has 4 rings (SSSR count). The van der Waals surface area contributed by atoms with Crippen LogP contribution in [0.25, 0.3) is 22.4 Å². The Morgan fingerprint density at radius 3 is 2.54 bits per heavy atom. The van der Waals surface area contributed by atoms with Crippen molar-refractivity contribution in [2.75, 3.05) is 5.73 Å². The molecular formula is C19H21N3O2. The standard InChI is InChI=1S/C19H21N3O2/c1-10-8-14(11(2)18(24)17(10)23)19-21-15-9-12(20)6-7-16(15)22(19)13-4-3-5-13/h6-9,13,23-24H,3-5,20H2,1-2H3. The van der Waals surface area contributed by atoms with E-state index in [2.05, 4.69) is 4.57 Å². The summed E-state index contributed by atoms with van der Waals surface area (Å²) >= 11 is 0. The Morgan fingerprint density at radius 2 is 1.88 bits per heavy atom. The highest BCUT2D eigenvalue weighted by molar-refractivity contribution is 5.85. The molecule has 0 amide bonds. The quantitative estimate of drug-likeness (QED) is 0.491. The average molecular weight is 323 g/mol. The van der Waals surface area contributed by atoms with E-state index in [1.54, 1.807) is 6.92 Å². The number of nitrogens with two attached hydrogens (primary N) is 1. The summed E-state index contributed by atoms with van der Waals surface area (Å²) in [5.74, 6) is 0.694. The number of nitrogen functional groups attached to an aromatic ring is 1. The number of fused-ring (bicyclic) bond motifs is 1. The average Bonchev–Trinajstić information content (AvgIpc) is 2.85. The maximum atomic E-state index is 10.2. The van der Waals surface area contributed by atoms with Crippen LogP contribution in [0.3, 0.4) is 0 Å². The van der Waals surface area contributed by atoms with E-state index in [4.69, 9.17) is 10.7 Å². The Labute approximate surface area is 140 Å². The number of aromatic nitrogens is 2. The Balaban J connectivity index is 2.03. The van der Waals surface area contributed by atoms with Crippen molar-refractivity contribution in [1.29, 1.82) is 0 Å². The summed E-state index contributed by atoms with van der Waals surface area (Å²) in [6.07, 6.45) is 3.48. The summed E-state index contributed by atoms with van der Waals surface area (Å²) in [5, 5.41) is 20.2. The highest BCUT2D eigenvalue weighted by atomic mass is 16.3. The van der Waals surface area contributed by atoms with Crippen molar-refractivity contribution >= 4 is 16.7 Å². The molecule has 0 aliphatic heterocycles. The molecule has 0 bridgehead atoms. The monoisotopic (exact) mass is 323 g/mol. The molecule has 3 aromatic rings. The van der Waals surface area contributed by atoms with E-state index in [-0.39, 0.29) is 11.5 Å². The maximum absolute atomic E-state index is 10.2. The zero-order valence-electron chi connectivity index (χ0n) is 13.9. The topological polar surface area (TPSA) is 84.3 Å². The first-order valence-electron chi connectivity index (χ1n) is 8.27. The van der Waals surface area contributed by atoms with Crippen LogP contribution in [0, 0.1) is 13.8 Å². The minimum Gasteiger partial charge on any atom is -0.504 e. The first-order chi connectivity index (χ1) is 11.5. The van der Waals surface area contributed by atoms with Crippen LogP contribution in [0.2, 0.25) is 0 Å². The van der Waals surface area contributed by atoms with Gasteiger partial charge in [-0.25, -0.2) is 4.98 Å². The molecule has 5 heteroatoms. The molecule has 0 unspecified atom stereocenters. The van der Waals surface area contributed by atoms with Crippen molar-refractivity contribution < 1.29 is 10.2 Å². The number of aryl methyl sites for hydroxylation is 1. The molecule has 1 aliphatic carbocycles. The number of nitrogens with zero attached hydrogens (tertiary/aromatic N) is 2. The first kappa shape index (κ1) is 14.9. The van der Waals surface area contributed by atoms with Gasteiger partial charge in [-0.1, -0.05) is 0 Å². The van der Waals surface area contributed by atoms with E-state index in [0.29, 0.717) is 22.9 Å². The zero-order valence-corrected chi connectivity index (χ0v) is 13.9. The predicted octanol–water partition coefficient (Wildman–Crippen LogP) is 4.04. The number of hydrogen-bond acceptors (Lipinski definition) is 4. The minimum atomic E-state index is -0.0725. The fraction of sp³-hybridized carbons (Fsp3) is 0.316. The van der Waals surface area contributed by atoms with Crippen molar-refractivity contribution in [3.63, 3.8) is 0 Å². The van der Waals surface area contributed by atoms with Gasteiger partial charge < -0.3 is 20.5 Å². The molecule has 2 aromatic carbocycles. The number of phenolic OH excluding ortho intramolecular Hbond substituents is 2. The van der Waals surface area contributed by atoms with E-state index in [9.17, 15) is 10.2 Å². The molecule has 124 valence electrons. The Bertz CT molecular complexity index is 955. The van der Waals surface area contributed by atoms with Crippen LogP contribution in [0.15, 0.2) is 24.3 Å². The van der Waals surface area contributed by atoms with Gasteiger partial charge in [-0.3, -0.25) is 0 Å². The Kier molecular flexibility index (Phi) is 3.20. The second kappa shape index (κ2) is 5.16. The van der Waals surface area contributed by atoms with Gasteiger partial charge in [0.15, 0.2) is 11.5 Å². The molecule has 0 saturated heterocycles. The summed E-state index contributed by atoms with van der Waals surface area (Å²) in [6.45, 7) is 3.59. The highest BCUT2D eigenvalue weighted by Crippen LogP contribution is 2.43. The first-order valence-corrected chi connectivity index (χ1v) is 8.27. The molecule has 0 spiro atoms. The lowest BCUT2D eigenvalue weighted by Gasteiger charge is -2.29. The number of benzene rings is 2. The van der Waals surface area contributed by atoms with Crippen LogP contribution >= 0.6 is 0 Å². The van der Waals surface area contributed by atoms with Gasteiger partial charge in [-0.05, 0) is 62.9 Å². The third-order valence-electron chi connectivity index (χ3n) is 5.11. The predicted molar refractivity (Wildman–Crippen MR) is 95.3 cm³/mol. The van der Waals surface area contributed by atoms with Crippen LogP contribution in [0.5, 0.6) is 11.5 Å². The molecule has 0 atom stereocenters. The van der Waals surface area contributed by atoms with Gasteiger partial charge >= 0.3 is 0 Å². The molecule has 5 nitrogen and oxygen atoms in total. The number of rotatable bonds is 2. The van der Waals surface area contributed by atoms with Crippen LogP contribution in [0.4, 0.5) is 5.69 Å². The van der Waals surface area contributed by atoms with Crippen molar-refractivity contribution in [2.45, 2.75) is 39.2 Å². The van der Waals surface area contributed by atoms with Crippen molar-refractivity contribution in [2.24, 2.45) is 0 Å². The fourth-order valence-corrected chi connectivity index (χ4v) is 3.44. The molecule has 1 heterocycles. The van der Waals surface area contributed by atoms with Crippen LogP contribution < -0.4 is 5.73 Å². The van der Waals surface area contributed by atoms with Gasteiger partial charge in [0.05, 0.1) is 11.0 Å². The van der Waals surface area contributed by atoms with Crippen molar-refractivity contribution in [1.82, 2.24) is 9.55 Å². The molecule has 4 N–H and O–H groups in total. The zero-order chi connectivity index (χ0) is 17.0. The van der Waals surface area contributed by atoms with Gasteiger partial charge in [-0.15, -0.1) is 0 Å². The second-order valence-corrected chi connectivity index (χ2v) is 6.70. The summed E-state index contributed by atoms with van der Waals surface area (Å²) in [4.78, 5) is 4.81. The summed E-state index contributed by atoms with van der Waals surface area (Å²) in [7, 11) is 0. The Morgan fingerprint density at radius 1 is 1.12 bits per heavy atom. The number of aromatic hydroxyl groups is 2. The van der Waals surface area contributed by atoms with E-state index < -0.39 is 0 Å². The third-order valence-corrected chi connectivity index (χ3v) is 5.11. The van der Waals surface area contributed by atoms with Crippen LogP contribution in [-0.4, -0.2) is 19.8 Å². The number of anilines is 1. The van der Waals surface area contributed by atoms with Crippen molar-refractivity contribution in [3.8, 4) is 22.9 Å². The second-order valence-electron chi connectivity index (χ2n) is 6.70. The van der Waals surface area contributed by atoms with E-state index >= 15 is 0 Å². The molecule has 0 radical (unpaired) electrons. The summed E-state index contributed by atoms with van der Waals surface area (Å²) < 4.78 is 2.26. The fourth-order valence-electron chi connectivity index (χ4n) is 3.44. The molecular weight excluding hydrogens is 302 g/mol. The van der Waals surface area contributed by atoms with E-state index in [1.165, 1.54) is 6.42 Å². The molecule has 1 saturated carbocycles. The molecule has 1 aromatic heterocycles. The number of imidazole rings is 1. The lowest BCUT2D eigenvalue weighted by atomic mass is 9.92. The largest absolute Gasteiger partial charge is 0.504 e. The third kappa shape index (κ3) is 2.04. The number of hydrogen-bond donors (Lipinski definition) is 3. The summed E-state index contributed by atoms with van der Waals surface area (Å²) in [5.41, 5.74) is 10.7. The lowest BCUT2D eigenvalue weighted by molar-refractivity contribution is 0.323. The van der Waals surface area contributed by atoms with Crippen molar-refractivity contribution in [3.05, 3.63) is 35.4 Å². The van der Waals surface area contributed by atoms with E-state index in [0.717, 1.165) is 35.3 Å². The van der Waals surface area contributed by atoms with Gasteiger partial charge in [-0.2, -0.15) is 0 Å². The van der Waals surface area contributed by atoms with Gasteiger partial charge in [0.25, 0.3) is 0 Å². The number of phenols is 2. The smallest absolute Gasteiger partial charge is 0.161 e. The van der Waals surface area contributed by atoms with Gasteiger partial charge in [0.2, 0.25) is 0 Å².